The molecule has 0 spiro atoms. The van der Waals surface area contributed by atoms with Gasteiger partial charge in [-0.2, -0.15) is 0 Å². The number of alkyl carbamates (subject to hydrolysis) is 1. The Morgan fingerprint density at radius 3 is 2.27 bits per heavy atom. The summed E-state index contributed by atoms with van der Waals surface area (Å²) in [6, 6.07) is 16.8. The first kappa shape index (κ1) is 29.4. The molecule has 2 atom stereocenters. The molecule has 0 bridgehead atoms. The number of phenols is 1. The maximum Gasteiger partial charge on any atom is 0.408 e. The molecular formula is C31H36N4O6. The summed E-state index contributed by atoms with van der Waals surface area (Å²) in [6.07, 6.45) is 0.290. The smallest absolute Gasteiger partial charge is 0.408 e. The molecule has 5 N–H and O–H groups in total. The number of hydrogen-bond donors (Lipinski definition) is 4. The predicted molar refractivity (Wildman–Crippen MR) is 155 cm³/mol. The van der Waals surface area contributed by atoms with E-state index in [0.717, 1.165) is 10.8 Å². The molecule has 0 radical (unpaired) electrons. The van der Waals surface area contributed by atoms with Gasteiger partial charge in [-0.15, -0.1) is 0 Å². The van der Waals surface area contributed by atoms with Gasteiger partial charge >= 0.3 is 6.09 Å². The van der Waals surface area contributed by atoms with Crippen molar-refractivity contribution in [2.24, 2.45) is 5.73 Å². The number of anilines is 1. The maximum atomic E-state index is 14.1. The molecule has 0 heterocycles. The molecule has 4 amide bonds. The number of phenolic OH excluding ortho intramolecular Hbond substituents is 1. The number of fused-ring (bicyclic) bond motifs is 1. The lowest BCUT2D eigenvalue weighted by atomic mass is 10.0. The van der Waals surface area contributed by atoms with Crippen LogP contribution in [0.1, 0.15) is 58.1 Å². The second-order valence-electron chi connectivity index (χ2n) is 11.2. The molecule has 1 fully saturated rings. The van der Waals surface area contributed by atoms with Crippen LogP contribution in [0.3, 0.4) is 0 Å². The fourth-order valence-electron chi connectivity index (χ4n) is 4.62. The average molecular weight is 561 g/mol. The molecule has 0 saturated heterocycles. The largest absolute Gasteiger partial charge is 0.508 e. The Labute approximate surface area is 238 Å². The van der Waals surface area contributed by atoms with E-state index < -0.39 is 41.5 Å². The number of carbonyl (C=O) groups is 4. The zero-order valence-electron chi connectivity index (χ0n) is 23.4. The van der Waals surface area contributed by atoms with Gasteiger partial charge in [0.25, 0.3) is 5.91 Å². The van der Waals surface area contributed by atoms with Crippen molar-refractivity contribution >= 4 is 40.3 Å². The van der Waals surface area contributed by atoms with Crippen LogP contribution in [0, 0.1) is 0 Å². The molecule has 0 aliphatic heterocycles. The van der Waals surface area contributed by atoms with Gasteiger partial charge in [0.15, 0.2) is 0 Å². The molecule has 1 aliphatic rings. The van der Waals surface area contributed by atoms with E-state index in [4.69, 9.17) is 10.5 Å². The van der Waals surface area contributed by atoms with Crippen molar-refractivity contribution in [1.29, 1.82) is 0 Å². The summed E-state index contributed by atoms with van der Waals surface area (Å²) in [7, 11) is 0. The third kappa shape index (κ3) is 7.97. The van der Waals surface area contributed by atoms with Crippen molar-refractivity contribution in [2.75, 3.05) is 5.32 Å². The predicted octanol–water partition coefficient (Wildman–Crippen LogP) is 4.38. The molecule has 2 unspecified atom stereocenters. The van der Waals surface area contributed by atoms with E-state index in [-0.39, 0.29) is 24.6 Å². The van der Waals surface area contributed by atoms with Gasteiger partial charge in [0.1, 0.15) is 23.4 Å². The van der Waals surface area contributed by atoms with Crippen molar-refractivity contribution in [3.8, 4) is 5.75 Å². The summed E-state index contributed by atoms with van der Waals surface area (Å²) in [4.78, 5) is 53.8. The molecule has 0 aromatic heterocycles. The second-order valence-corrected chi connectivity index (χ2v) is 11.2. The number of nitrogens with one attached hydrogen (secondary N) is 2. The Morgan fingerprint density at radius 1 is 1.00 bits per heavy atom. The number of amides is 4. The number of carbonyl (C=O) groups excluding carboxylic acids is 4. The average Bonchev–Trinajstić information content (AvgIpc) is 3.74. The standard InChI is InChI=1S/C31H36N4O6/c1-31(2,3)41-30(40)34-25(16-17-26(32)37)29(39)35(23-12-13-23)27(20-9-14-24(36)15-10-20)28(38)33-22-11-8-19-6-4-5-7-21(19)18-22/h4-11,14-15,18,23,25,27,36H,12-13,16-17H2,1-3H3,(H2,32,37)(H,33,38)(H,34,40). The van der Waals surface area contributed by atoms with Crippen LogP contribution in [0.25, 0.3) is 10.8 Å². The molecule has 216 valence electrons. The Kier molecular flexibility index (Phi) is 8.80. The molecular weight excluding hydrogens is 524 g/mol. The van der Waals surface area contributed by atoms with Crippen LogP contribution in [-0.2, 0) is 19.1 Å². The van der Waals surface area contributed by atoms with Crippen LogP contribution < -0.4 is 16.4 Å². The first-order valence-corrected chi connectivity index (χ1v) is 13.6. The Balaban J connectivity index is 1.68. The molecule has 10 heteroatoms. The van der Waals surface area contributed by atoms with Gasteiger partial charge in [0.05, 0.1) is 0 Å². The molecule has 1 aliphatic carbocycles. The van der Waals surface area contributed by atoms with Crippen molar-refractivity contribution in [2.45, 2.75) is 70.2 Å². The Hall–Kier alpha value is -4.60. The van der Waals surface area contributed by atoms with Gasteiger partial charge in [-0.3, -0.25) is 14.4 Å². The van der Waals surface area contributed by atoms with Crippen molar-refractivity contribution < 1.29 is 29.0 Å². The highest BCUT2D eigenvalue weighted by atomic mass is 16.6. The maximum absolute atomic E-state index is 14.1. The SMILES string of the molecule is CC(C)(C)OC(=O)NC(CCC(N)=O)C(=O)N(C1CC1)C(C(=O)Nc1ccc2ccccc2c1)c1ccc(O)cc1. The van der Waals surface area contributed by atoms with Crippen molar-refractivity contribution in [1.82, 2.24) is 10.2 Å². The van der Waals surface area contributed by atoms with E-state index in [1.165, 1.54) is 17.0 Å². The minimum Gasteiger partial charge on any atom is -0.508 e. The minimum atomic E-state index is -1.16. The lowest BCUT2D eigenvalue weighted by Gasteiger charge is -2.34. The van der Waals surface area contributed by atoms with Gasteiger partial charge in [-0.05, 0) is 80.6 Å². The number of benzene rings is 3. The number of hydrogen-bond acceptors (Lipinski definition) is 6. The quantitative estimate of drug-likeness (QED) is 0.289. The van der Waals surface area contributed by atoms with Gasteiger partial charge in [-0.1, -0.05) is 42.5 Å². The van der Waals surface area contributed by atoms with Crippen LogP contribution >= 0.6 is 0 Å². The number of ether oxygens (including phenoxy) is 1. The van der Waals surface area contributed by atoms with Gasteiger partial charge in [0, 0.05) is 18.2 Å². The van der Waals surface area contributed by atoms with E-state index in [9.17, 15) is 24.3 Å². The highest BCUT2D eigenvalue weighted by Crippen LogP contribution is 2.37. The van der Waals surface area contributed by atoms with Crippen LogP contribution in [0.5, 0.6) is 5.75 Å². The zero-order valence-corrected chi connectivity index (χ0v) is 23.4. The Bertz CT molecular complexity index is 1430. The van der Waals surface area contributed by atoms with Crippen molar-refractivity contribution in [3.63, 3.8) is 0 Å². The normalized spacial score (nSPS) is 14.5. The fourth-order valence-corrected chi connectivity index (χ4v) is 4.62. The molecule has 3 aromatic rings. The third-order valence-electron chi connectivity index (χ3n) is 6.62. The van der Waals surface area contributed by atoms with Gasteiger partial charge in [0.2, 0.25) is 11.8 Å². The van der Waals surface area contributed by atoms with Crippen molar-refractivity contribution in [3.05, 3.63) is 72.3 Å². The Morgan fingerprint density at radius 2 is 1.66 bits per heavy atom. The zero-order chi connectivity index (χ0) is 29.7. The van der Waals surface area contributed by atoms with E-state index in [1.54, 1.807) is 39.0 Å². The first-order chi connectivity index (χ1) is 19.4. The number of nitrogens with two attached hydrogens (primary N) is 1. The highest BCUT2D eigenvalue weighted by molar-refractivity contribution is 6.00. The van der Waals surface area contributed by atoms with E-state index in [0.29, 0.717) is 24.1 Å². The summed E-state index contributed by atoms with van der Waals surface area (Å²) in [5.74, 6) is -1.61. The summed E-state index contributed by atoms with van der Waals surface area (Å²) in [5, 5.41) is 17.4. The van der Waals surface area contributed by atoms with Crippen LogP contribution in [0.15, 0.2) is 66.7 Å². The second kappa shape index (κ2) is 12.3. The van der Waals surface area contributed by atoms with Crippen LogP contribution in [0.4, 0.5) is 10.5 Å². The highest BCUT2D eigenvalue weighted by Gasteiger charge is 2.44. The molecule has 10 nitrogen and oxygen atoms in total. The minimum absolute atomic E-state index is 0.0117. The van der Waals surface area contributed by atoms with E-state index in [2.05, 4.69) is 10.6 Å². The lowest BCUT2D eigenvalue weighted by Crippen LogP contribution is -2.53. The monoisotopic (exact) mass is 560 g/mol. The summed E-state index contributed by atoms with van der Waals surface area (Å²) < 4.78 is 5.36. The van der Waals surface area contributed by atoms with Gasteiger partial charge in [-0.25, -0.2) is 4.79 Å². The number of primary amides is 1. The third-order valence-corrected chi connectivity index (χ3v) is 6.62. The number of rotatable bonds is 10. The molecule has 1 saturated carbocycles. The summed E-state index contributed by atoms with van der Waals surface area (Å²) in [6.45, 7) is 5.09. The lowest BCUT2D eigenvalue weighted by molar-refractivity contribution is -0.141. The molecule has 3 aromatic carbocycles. The van der Waals surface area contributed by atoms with Crippen LogP contribution in [0.2, 0.25) is 0 Å². The van der Waals surface area contributed by atoms with E-state index in [1.807, 2.05) is 36.4 Å². The number of aromatic hydroxyl groups is 1. The van der Waals surface area contributed by atoms with E-state index >= 15 is 0 Å². The number of nitrogens with zero attached hydrogens (tertiary/aromatic N) is 1. The van der Waals surface area contributed by atoms with Crippen LogP contribution in [-0.4, -0.2) is 51.5 Å². The fraction of sp³-hybridized carbons (Fsp3) is 0.355. The molecule has 4 rings (SSSR count). The first-order valence-electron chi connectivity index (χ1n) is 13.6. The summed E-state index contributed by atoms with van der Waals surface area (Å²) >= 11 is 0. The summed E-state index contributed by atoms with van der Waals surface area (Å²) in [5.41, 5.74) is 5.58. The van der Waals surface area contributed by atoms with Gasteiger partial charge < -0.3 is 31.1 Å². The molecule has 41 heavy (non-hydrogen) atoms. The topological polar surface area (TPSA) is 151 Å².